The molecule has 0 heterocycles. The Labute approximate surface area is 117 Å². The van der Waals surface area contributed by atoms with Gasteiger partial charge in [-0.15, -0.1) is 0 Å². The van der Waals surface area contributed by atoms with E-state index in [1.165, 1.54) is 0 Å². The van der Waals surface area contributed by atoms with E-state index in [9.17, 15) is 4.79 Å². The van der Waals surface area contributed by atoms with E-state index in [1.54, 1.807) is 13.2 Å². The van der Waals surface area contributed by atoms with E-state index in [0.717, 1.165) is 33.7 Å². The number of carboxylic acids is 1. The van der Waals surface area contributed by atoms with Crippen molar-refractivity contribution in [2.45, 2.75) is 6.92 Å². The summed E-state index contributed by atoms with van der Waals surface area (Å²) in [4.78, 5) is 10.7. The van der Waals surface area contributed by atoms with Gasteiger partial charge in [-0.3, -0.25) is 0 Å². The van der Waals surface area contributed by atoms with E-state index in [2.05, 4.69) is 0 Å². The molecule has 2 aromatic rings. The van der Waals surface area contributed by atoms with Crippen molar-refractivity contribution in [3.8, 4) is 5.75 Å². The number of aryl methyl sites for hydroxylation is 1. The lowest BCUT2D eigenvalue weighted by molar-refractivity contribution is -0.131. The Hall–Kier alpha value is -2.33. The van der Waals surface area contributed by atoms with Gasteiger partial charge in [-0.05, 0) is 35.6 Å². The molecule has 0 fully saturated rings. The molecule has 104 valence electrons. The number of benzene rings is 2. The van der Waals surface area contributed by atoms with E-state index in [0.29, 0.717) is 0 Å². The number of methoxy groups -OCH3 is 1. The van der Waals surface area contributed by atoms with Crippen molar-refractivity contribution in [1.82, 2.24) is 0 Å². The molecule has 0 unspecified atom stereocenters. The summed E-state index contributed by atoms with van der Waals surface area (Å²) >= 11 is 0. The van der Waals surface area contributed by atoms with Crippen LogP contribution in [0.15, 0.2) is 36.4 Å². The van der Waals surface area contributed by atoms with Gasteiger partial charge in [0, 0.05) is 18.6 Å². The first-order chi connectivity index (χ1) is 9.63. The summed E-state index contributed by atoms with van der Waals surface area (Å²) in [7, 11) is 1.57. The highest BCUT2D eigenvalue weighted by atomic mass is 16.7. The Morgan fingerprint density at radius 2 is 2.00 bits per heavy atom. The van der Waals surface area contributed by atoms with E-state index in [-0.39, 0.29) is 6.79 Å². The van der Waals surface area contributed by atoms with Crippen LogP contribution < -0.4 is 4.74 Å². The highest BCUT2D eigenvalue weighted by Crippen LogP contribution is 2.33. The Balaban J connectivity index is 2.59. The molecular weight excluding hydrogens is 256 g/mol. The Bertz CT molecular complexity index is 659. The van der Waals surface area contributed by atoms with Crippen molar-refractivity contribution in [2.75, 3.05) is 13.9 Å². The molecule has 2 rings (SSSR count). The van der Waals surface area contributed by atoms with Crippen LogP contribution in [0.4, 0.5) is 0 Å². The zero-order valence-electron chi connectivity index (χ0n) is 11.4. The van der Waals surface area contributed by atoms with Crippen molar-refractivity contribution in [3.05, 3.63) is 47.5 Å². The SMILES string of the molecule is COCOc1c(C)cc(C=CC(=O)O)c2ccccc12. The maximum Gasteiger partial charge on any atom is 0.328 e. The van der Waals surface area contributed by atoms with Crippen molar-refractivity contribution < 1.29 is 19.4 Å². The molecule has 0 radical (unpaired) electrons. The Kier molecular flexibility index (Phi) is 4.38. The Morgan fingerprint density at radius 1 is 1.30 bits per heavy atom. The summed E-state index contributed by atoms with van der Waals surface area (Å²) in [6.07, 6.45) is 2.73. The lowest BCUT2D eigenvalue weighted by Crippen LogP contribution is -2.01. The summed E-state index contributed by atoms with van der Waals surface area (Å²) in [5, 5.41) is 10.6. The minimum absolute atomic E-state index is 0.176. The fraction of sp³-hybridized carbons (Fsp3) is 0.188. The zero-order valence-corrected chi connectivity index (χ0v) is 11.4. The molecule has 4 heteroatoms. The summed E-state index contributed by atoms with van der Waals surface area (Å²) in [6, 6.07) is 9.64. The number of ether oxygens (including phenoxy) is 2. The number of carboxylic acid groups (broad SMARTS) is 1. The van der Waals surface area contributed by atoms with Crippen LogP contribution in [-0.2, 0) is 9.53 Å². The molecule has 0 atom stereocenters. The average Bonchev–Trinajstić information content (AvgIpc) is 2.44. The van der Waals surface area contributed by atoms with Crippen LogP contribution in [0.2, 0.25) is 0 Å². The lowest BCUT2D eigenvalue weighted by atomic mass is 9.99. The van der Waals surface area contributed by atoms with Crippen LogP contribution in [0.5, 0.6) is 5.75 Å². The maximum atomic E-state index is 10.7. The molecular formula is C16H16O4. The van der Waals surface area contributed by atoms with Crippen LogP contribution in [0.1, 0.15) is 11.1 Å². The predicted octanol–water partition coefficient (Wildman–Crippen LogP) is 3.23. The molecule has 0 bridgehead atoms. The average molecular weight is 272 g/mol. The number of hydrogen-bond acceptors (Lipinski definition) is 3. The molecule has 4 nitrogen and oxygen atoms in total. The molecule has 0 amide bonds. The molecule has 0 saturated heterocycles. The van der Waals surface area contributed by atoms with Crippen molar-refractivity contribution in [3.63, 3.8) is 0 Å². The van der Waals surface area contributed by atoms with Gasteiger partial charge < -0.3 is 14.6 Å². The second-order valence-electron chi connectivity index (χ2n) is 4.38. The first-order valence-electron chi connectivity index (χ1n) is 6.18. The van der Waals surface area contributed by atoms with Crippen molar-refractivity contribution in [2.24, 2.45) is 0 Å². The zero-order chi connectivity index (χ0) is 14.5. The van der Waals surface area contributed by atoms with Gasteiger partial charge in [0.15, 0.2) is 6.79 Å². The third kappa shape index (κ3) is 2.97. The van der Waals surface area contributed by atoms with Gasteiger partial charge in [-0.2, -0.15) is 0 Å². The predicted molar refractivity (Wildman–Crippen MR) is 77.9 cm³/mol. The molecule has 0 aliphatic heterocycles. The fourth-order valence-electron chi connectivity index (χ4n) is 2.13. The quantitative estimate of drug-likeness (QED) is 0.670. The number of rotatable bonds is 5. The van der Waals surface area contributed by atoms with Crippen molar-refractivity contribution in [1.29, 1.82) is 0 Å². The van der Waals surface area contributed by atoms with Gasteiger partial charge in [0.1, 0.15) is 5.75 Å². The second-order valence-corrected chi connectivity index (χ2v) is 4.38. The standard InChI is InChI=1S/C16H16O4/c1-11-9-12(7-8-15(17)18)13-5-3-4-6-14(13)16(11)20-10-19-2/h3-9H,10H2,1-2H3,(H,17,18). The summed E-state index contributed by atoms with van der Waals surface area (Å²) in [5.74, 6) is -0.207. The van der Waals surface area contributed by atoms with Gasteiger partial charge in [0.05, 0.1) is 0 Å². The van der Waals surface area contributed by atoms with Crippen LogP contribution in [-0.4, -0.2) is 25.0 Å². The summed E-state index contributed by atoms with van der Waals surface area (Å²) in [5.41, 5.74) is 1.79. The Morgan fingerprint density at radius 3 is 2.65 bits per heavy atom. The van der Waals surface area contributed by atoms with Gasteiger partial charge in [0.2, 0.25) is 0 Å². The van der Waals surface area contributed by atoms with Gasteiger partial charge in [-0.1, -0.05) is 24.3 Å². The largest absolute Gasteiger partial charge is 0.478 e. The van der Waals surface area contributed by atoms with Crippen LogP contribution in [0.25, 0.3) is 16.8 Å². The molecule has 0 saturated carbocycles. The number of carbonyl (C=O) groups is 1. The highest BCUT2D eigenvalue weighted by Gasteiger charge is 2.09. The van der Waals surface area contributed by atoms with Crippen molar-refractivity contribution >= 4 is 22.8 Å². The monoisotopic (exact) mass is 272 g/mol. The summed E-state index contributed by atoms with van der Waals surface area (Å²) in [6.45, 7) is 2.10. The van der Waals surface area contributed by atoms with Crippen LogP contribution >= 0.6 is 0 Å². The second kappa shape index (κ2) is 6.21. The van der Waals surface area contributed by atoms with E-state index in [1.807, 2.05) is 37.3 Å². The number of fused-ring (bicyclic) bond motifs is 1. The maximum absolute atomic E-state index is 10.7. The van der Waals surface area contributed by atoms with Gasteiger partial charge >= 0.3 is 5.97 Å². The van der Waals surface area contributed by atoms with Crippen LogP contribution in [0.3, 0.4) is 0 Å². The first-order valence-corrected chi connectivity index (χ1v) is 6.18. The third-order valence-electron chi connectivity index (χ3n) is 2.94. The molecule has 0 aliphatic carbocycles. The minimum atomic E-state index is -0.966. The molecule has 0 spiro atoms. The molecule has 2 aromatic carbocycles. The van der Waals surface area contributed by atoms with Gasteiger partial charge in [-0.25, -0.2) is 4.79 Å². The topological polar surface area (TPSA) is 55.8 Å². The summed E-state index contributed by atoms with van der Waals surface area (Å²) < 4.78 is 10.6. The fourth-order valence-corrected chi connectivity index (χ4v) is 2.13. The minimum Gasteiger partial charge on any atom is -0.478 e. The van der Waals surface area contributed by atoms with E-state index < -0.39 is 5.97 Å². The number of aliphatic carboxylic acids is 1. The molecule has 0 aromatic heterocycles. The highest BCUT2D eigenvalue weighted by molar-refractivity contribution is 5.98. The smallest absolute Gasteiger partial charge is 0.328 e. The molecule has 0 aliphatic rings. The molecule has 1 N–H and O–H groups in total. The van der Waals surface area contributed by atoms with Gasteiger partial charge in [0.25, 0.3) is 0 Å². The molecule has 20 heavy (non-hydrogen) atoms. The van der Waals surface area contributed by atoms with E-state index >= 15 is 0 Å². The normalized spacial score (nSPS) is 11.1. The third-order valence-corrected chi connectivity index (χ3v) is 2.94. The first kappa shape index (κ1) is 14.1. The number of hydrogen-bond donors (Lipinski definition) is 1. The lowest BCUT2D eigenvalue weighted by Gasteiger charge is -2.13. The van der Waals surface area contributed by atoms with Crippen LogP contribution in [0, 0.1) is 6.92 Å². The van der Waals surface area contributed by atoms with E-state index in [4.69, 9.17) is 14.6 Å².